The summed E-state index contributed by atoms with van der Waals surface area (Å²) in [5.41, 5.74) is 1.95. The number of hydrogen-bond acceptors (Lipinski definition) is 4. The highest BCUT2D eigenvalue weighted by Crippen LogP contribution is 2.34. The zero-order chi connectivity index (χ0) is 17.2. The van der Waals surface area contributed by atoms with Gasteiger partial charge in [-0.1, -0.05) is 30.3 Å². The largest absolute Gasteiger partial charge is 0.381 e. The molecular formula is C17H23N3O3S. The van der Waals surface area contributed by atoms with Crippen LogP contribution >= 0.6 is 0 Å². The molecule has 7 heteroatoms. The van der Waals surface area contributed by atoms with Crippen LogP contribution in [-0.2, 0) is 20.2 Å². The van der Waals surface area contributed by atoms with Gasteiger partial charge in [0.1, 0.15) is 4.90 Å². The number of aryl methyl sites for hydroxylation is 2. The van der Waals surface area contributed by atoms with E-state index in [1.807, 2.05) is 18.2 Å². The van der Waals surface area contributed by atoms with Crippen LogP contribution in [0.3, 0.4) is 0 Å². The van der Waals surface area contributed by atoms with E-state index in [0.29, 0.717) is 31.1 Å². The molecule has 2 aromatic rings. The van der Waals surface area contributed by atoms with E-state index in [-0.39, 0.29) is 10.3 Å². The van der Waals surface area contributed by atoms with Crippen molar-refractivity contribution in [3.8, 4) is 0 Å². The predicted molar refractivity (Wildman–Crippen MR) is 91.4 cm³/mol. The van der Waals surface area contributed by atoms with Gasteiger partial charge in [-0.15, -0.1) is 0 Å². The summed E-state index contributed by atoms with van der Waals surface area (Å²) in [4.78, 5) is 0.248. The Balaban J connectivity index is 1.87. The van der Waals surface area contributed by atoms with Crippen molar-refractivity contribution in [2.75, 3.05) is 19.8 Å². The minimum atomic E-state index is -3.61. The molecule has 2 heterocycles. The summed E-state index contributed by atoms with van der Waals surface area (Å²) in [6.45, 7) is 5.04. The topological polar surface area (TPSA) is 84.1 Å². The maximum Gasteiger partial charge on any atom is 0.244 e. The summed E-state index contributed by atoms with van der Waals surface area (Å²) in [6, 6.07) is 10.1. The Bertz CT molecular complexity index is 774. The number of aromatic nitrogens is 2. The van der Waals surface area contributed by atoms with Crippen LogP contribution in [0.2, 0.25) is 0 Å². The van der Waals surface area contributed by atoms with Crippen molar-refractivity contribution >= 4 is 10.0 Å². The van der Waals surface area contributed by atoms with Crippen molar-refractivity contribution in [1.29, 1.82) is 0 Å². The maximum atomic E-state index is 12.7. The molecule has 130 valence electrons. The summed E-state index contributed by atoms with van der Waals surface area (Å²) in [7, 11) is -3.61. The number of aromatic amines is 1. The van der Waals surface area contributed by atoms with Gasteiger partial charge in [0.15, 0.2) is 0 Å². The third-order valence-electron chi connectivity index (χ3n) is 4.77. The van der Waals surface area contributed by atoms with Gasteiger partial charge in [-0.2, -0.15) is 5.10 Å². The average Bonchev–Trinajstić information content (AvgIpc) is 2.94. The quantitative estimate of drug-likeness (QED) is 0.865. The second kappa shape index (κ2) is 6.66. The minimum Gasteiger partial charge on any atom is -0.381 e. The molecule has 6 nitrogen and oxygen atoms in total. The summed E-state index contributed by atoms with van der Waals surface area (Å²) in [5, 5.41) is 6.72. The Hall–Kier alpha value is -1.70. The molecule has 0 aliphatic carbocycles. The van der Waals surface area contributed by atoms with E-state index in [4.69, 9.17) is 4.74 Å². The van der Waals surface area contributed by atoms with Crippen molar-refractivity contribution in [3.05, 3.63) is 47.3 Å². The molecule has 1 aliphatic heterocycles. The van der Waals surface area contributed by atoms with Crippen molar-refractivity contribution in [3.63, 3.8) is 0 Å². The molecule has 1 aromatic heterocycles. The van der Waals surface area contributed by atoms with Gasteiger partial charge < -0.3 is 4.74 Å². The molecule has 0 spiro atoms. The fraction of sp³-hybridized carbons (Fsp3) is 0.471. The van der Waals surface area contributed by atoms with Crippen LogP contribution < -0.4 is 4.72 Å². The molecule has 3 rings (SSSR count). The lowest BCUT2D eigenvalue weighted by molar-refractivity contribution is 0.0517. The van der Waals surface area contributed by atoms with Gasteiger partial charge in [0, 0.05) is 25.2 Å². The van der Waals surface area contributed by atoms with Crippen LogP contribution in [0.5, 0.6) is 0 Å². The normalized spacial score (nSPS) is 17.8. The lowest BCUT2D eigenvalue weighted by atomic mass is 9.74. The van der Waals surface area contributed by atoms with E-state index in [9.17, 15) is 8.42 Å². The lowest BCUT2D eigenvalue weighted by Gasteiger charge is -2.37. The van der Waals surface area contributed by atoms with Crippen LogP contribution in [0.25, 0.3) is 0 Å². The SMILES string of the molecule is Cc1n[nH]c(C)c1S(=O)(=O)NCC1(c2ccccc2)CCOCC1. The first-order chi connectivity index (χ1) is 11.4. The fourth-order valence-electron chi connectivity index (χ4n) is 3.36. The van der Waals surface area contributed by atoms with E-state index in [2.05, 4.69) is 27.1 Å². The van der Waals surface area contributed by atoms with Crippen LogP contribution in [0.15, 0.2) is 35.2 Å². The molecule has 24 heavy (non-hydrogen) atoms. The lowest BCUT2D eigenvalue weighted by Crippen LogP contribution is -2.44. The minimum absolute atomic E-state index is 0.238. The highest BCUT2D eigenvalue weighted by atomic mass is 32.2. The molecule has 1 saturated heterocycles. The van der Waals surface area contributed by atoms with Gasteiger partial charge in [0.05, 0.1) is 11.4 Å². The van der Waals surface area contributed by atoms with E-state index in [1.165, 1.54) is 0 Å². The number of H-pyrrole nitrogens is 1. The smallest absolute Gasteiger partial charge is 0.244 e. The third kappa shape index (κ3) is 3.24. The molecule has 0 unspecified atom stereocenters. The Labute approximate surface area is 142 Å². The van der Waals surface area contributed by atoms with Crippen LogP contribution in [0.1, 0.15) is 29.8 Å². The highest BCUT2D eigenvalue weighted by Gasteiger charge is 2.36. The van der Waals surface area contributed by atoms with Gasteiger partial charge in [-0.25, -0.2) is 13.1 Å². The average molecular weight is 349 g/mol. The van der Waals surface area contributed by atoms with Crippen molar-refractivity contribution in [2.24, 2.45) is 0 Å². The monoisotopic (exact) mass is 349 g/mol. The van der Waals surface area contributed by atoms with E-state index in [1.54, 1.807) is 13.8 Å². The number of hydrogen-bond donors (Lipinski definition) is 2. The fourth-order valence-corrected chi connectivity index (χ4v) is 4.86. The number of benzene rings is 1. The van der Waals surface area contributed by atoms with Crippen molar-refractivity contribution < 1.29 is 13.2 Å². The number of sulfonamides is 1. The number of nitrogens with one attached hydrogen (secondary N) is 2. The molecular weight excluding hydrogens is 326 g/mol. The molecule has 1 aliphatic rings. The Morgan fingerprint density at radius 3 is 2.46 bits per heavy atom. The van der Waals surface area contributed by atoms with Crippen LogP contribution in [0, 0.1) is 13.8 Å². The molecule has 0 radical (unpaired) electrons. The van der Waals surface area contributed by atoms with Gasteiger partial charge in [-0.05, 0) is 32.3 Å². The second-order valence-electron chi connectivity index (χ2n) is 6.35. The first kappa shape index (κ1) is 17.1. The molecule has 0 bridgehead atoms. The number of ether oxygens (including phenoxy) is 1. The predicted octanol–water partition coefficient (Wildman–Crippen LogP) is 2.05. The third-order valence-corrected chi connectivity index (χ3v) is 6.43. The van der Waals surface area contributed by atoms with E-state index < -0.39 is 10.0 Å². The molecule has 0 atom stereocenters. The van der Waals surface area contributed by atoms with Crippen LogP contribution in [-0.4, -0.2) is 38.4 Å². The molecule has 0 saturated carbocycles. The van der Waals surface area contributed by atoms with E-state index in [0.717, 1.165) is 18.4 Å². The van der Waals surface area contributed by atoms with Gasteiger partial charge in [0.25, 0.3) is 0 Å². The highest BCUT2D eigenvalue weighted by molar-refractivity contribution is 7.89. The summed E-state index contributed by atoms with van der Waals surface area (Å²) in [6.07, 6.45) is 1.59. The first-order valence-corrected chi connectivity index (χ1v) is 9.57. The second-order valence-corrected chi connectivity index (χ2v) is 8.05. The number of rotatable bonds is 5. The standard InChI is InChI=1S/C17H23N3O3S/c1-13-16(14(2)20-19-13)24(21,22)18-12-17(8-10-23-11-9-17)15-6-4-3-5-7-15/h3-7,18H,8-12H2,1-2H3,(H,19,20). The molecule has 0 amide bonds. The number of nitrogens with zero attached hydrogens (tertiary/aromatic N) is 1. The van der Waals surface area contributed by atoms with Crippen LogP contribution in [0.4, 0.5) is 0 Å². The first-order valence-electron chi connectivity index (χ1n) is 8.09. The van der Waals surface area contributed by atoms with Gasteiger partial charge in [-0.3, -0.25) is 5.10 Å². The maximum absolute atomic E-state index is 12.7. The summed E-state index contributed by atoms with van der Waals surface area (Å²) in [5.74, 6) is 0. The zero-order valence-electron chi connectivity index (χ0n) is 14.0. The van der Waals surface area contributed by atoms with Crippen molar-refractivity contribution in [1.82, 2.24) is 14.9 Å². The zero-order valence-corrected chi connectivity index (χ0v) is 14.8. The van der Waals surface area contributed by atoms with Gasteiger partial charge in [0.2, 0.25) is 10.0 Å². The molecule has 1 fully saturated rings. The van der Waals surface area contributed by atoms with E-state index >= 15 is 0 Å². The molecule has 1 aromatic carbocycles. The summed E-state index contributed by atoms with van der Waals surface area (Å²) < 4.78 is 33.8. The Morgan fingerprint density at radius 1 is 1.21 bits per heavy atom. The van der Waals surface area contributed by atoms with Gasteiger partial charge >= 0.3 is 0 Å². The molecule has 2 N–H and O–H groups in total. The summed E-state index contributed by atoms with van der Waals surface area (Å²) >= 11 is 0. The Morgan fingerprint density at radius 2 is 1.88 bits per heavy atom. The Kier molecular flexibility index (Phi) is 4.76. The van der Waals surface area contributed by atoms with Crippen molar-refractivity contribution in [2.45, 2.75) is 37.0 Å².